The molecular formula is C49H31NS. The van der Waals surface area contributed by atoms with E-state index in [0.717, 1.165) is 0 Å². The lowest BCUT2D eigenvalue weighted by Gasteiger charge is -2.23. The molecule has 0 unspecified atom stereocenters. The highest BCUT2D eigenvalue weighted by Gasteiger charge is 2.38. The van der Waals surface area contributed by atoms with Crippen molar-refractivity contribution in [2.45, 2.75) is 19.3 Å². The maximum atomic E-state index is 2.55. The molecule has 0 amide bonds. The zero-order chi connectivity index (χ0) is 33.6. The first-order chi connectivity index (χ1) is 25.1. The van der Waals surface area contributed by atoms with Crippen LogP contribution in [0.5, 0.6) is 0 Å². The number of nitrogens with zero attached hydrogens (tertiary/aromatic N) is 1. The van der Waals surface area contributed by atoms with Gasteiger partial charge in [-0.1, -0.05) is 129 Å². The maximum Gasteiger partial charge on any atom is 0.0588 e. The minimum Gasteiger partial charge on any atom is -0.309 e. The Kier molecular flexibility index (Phi) is 5.25. The molecule has 0 fully saturated rings. The molecule has 0 atom stereocenters. The summed E-state index contributed by atoms with van der Waals surface area (Å²) < 4.78 is 5.19. The van der Waals surface area contributed by atoms with Crippen molar-refractivity contribution < 1.29 is 0 Å². The van der Waals surface area contributed by atoms with Crippen molar-refractivity contribution in [3.8, 4) is 50.2 Å². The lowest BCUT2D eigenvalue weighted by atomic mass is 9.81. The summed E-state index contributed by atoms with van der Waals surface area (Å²) in [5.41, 5.74) is 17.1. The van der Waals surface area contributed by atoms with Crippen LogP contribution in [0.2, 0.25) is 0 Å². The minimum atomic E-state index is -0.118. The Hall–Kier alpha value is -5.96. The zero-order valence-electron chi connectivity index (χ0n) is 28.3. The van der Waals surface area contributed by atoms with E-state index in [1.54, 1.807) is 0 Å². The van der Waals surface area contributed by atoms with Gasteiger partial charge in [0.05, 0.1) is 11.0 Å². The predicted octanol–water partition coefficient (Wildman–Crippen LogP) is 13.9. The topological polar surface area (TPSA) is 4.93 Å². The van der Waals surface area contributed by atoms with Crippen LogP contribution in [0, 0.1) is 0 Å². The van der Waals surface area contributed by atoms with Crippen LogP contribution in [0.1, 0.15) is 25.0 Å². The Balaban J connectivity index is 1.10. The number of fused-ring (bicyclic) bond motifs is 13. The summed E-state index contributed by atoms with van der Waals surface area (Å²) in [6.07, 6.45) is 0. The van der Waals surface area contributed by atoms with E-state index < -0.39 is 0 Å². The van der Waals surface area contributed by atoms with Gasteiger partial charge in [0.15, 0.2) is 0 Å². The van der Waals surface area contributed by atoms with E-state index in [-0.39, 0.29) is 5.41 Å². The number of thiophene rings is 1. The molecule has 238 valence electrons. The monoisotopic (exact) mass is 665 g/mol. The highest BCUT2D eigenvalue weighted by atomic mass is 32.1. The molecule has 12 rings (SSSR count). The van der Waals surface area contributed by atoms with Gasteiger partial charge < -0.3 is 4.57 Å². The molecule has 2 aliphatic rings. The molecular weight excluding hydrogens is 635 g/mol. The van der Waals surface area contributed by atoms with Crippen molar-refractivity contribution in [3.05, 3.63) is 163 Å². The van der Waals surface area contributed by atoms with Gasteiger partial charge in [-0.3, -0.25) is 0 Å². The molecule has 0 saturated heterocycles. The summed E-state index contributed by atoms with van der Waals surface area (Å²) in [6, 6.07) is 57.1. The van der Waals surface area contributed by atoms with E-state index in [1.807, 2.05) is 11.3 Å². The molecule has 8 aromatic carbocycles. The Morgan fingerprint density at radius 3 is 1.96 bits per heavy atom. The van der Waals surface area contributed by atoms with Gasteiger partial charge >= 0.3 is 0 Å². The Labute approximate surface area is 299 Å². The van der Waals surface area contributed by atoms with Crippen molar-refractivity contribution in [1.29, 1.82) is 0 Å². The van der Waals surface area contributed by atoms with Crippen molar-refractivity contribution in [3.63, 3.8) is 0 Å². The van der Waals surface area contributed by atoms with Crippen molar-refractivity contribution in [2.75, 3.05) is 0 Å². The van der Waals surface area contributed by atoms with Gasteiger partial charge in [0, 0.05) is 42.0 Å². The fourth-order valence-corrected chi connectivity index (χ4v) is 10.8. The van der Waals surface area contributed by atoms with E-state index in [0.29, 0.717) is 0 Å². The smallest absolute Gasteiger partial charge is 0.0588 e. The normalized spacial score (nSPS) is 13.8. The van der Waals surface area contributed by atoms with E-state index in [4.69, 9.17) is 0 Å². The first-order valence-electron chi connectivity index (χ1n) is 17.9. The molecule has 0 bridgehead atoms. The fraction of sp³-hybridized carbons (Fsp3) is 0.0612. The van der Waals surface area contributed by atoms with Gasteiger partial charge in [0.25, 0.3) is 0 Å². The fourth-order valence-electron chi connectivity index (χ4n) is 9.71. The van der Waals surface area contributed by atoms with Crippen LogP contribution < -0.4 is 0 Å². The van der Waals surface area contributed by atoms with Crippen molar-refractivity contribution in [1.82, 2.24) is 4.57 Å². The van der Waals surface area contributed by atoms with Gasteiger partial charge in [-0.2, -0.15) is 0 Å². The molecule has 2 heterocycles. The Bertz CT molecular complexity index is 3140. The van der Waals surface area contributed by atoms with Crippen LogP contribution in [0.4, 0.5) is 0 Å². The summed E-state index contributed by atoms with van der Waals surface area (Å²) in [7, 11) is 0. The first-order valence-corrected chi connectivity index (χ1v) is 18.7. The predicted molar refractivity (Wildman–Crippen MR) is 219 cm³/mol. The van der Waals surface area contributed by atoms with Crippen molar-refractivity contribution in [2.24, 2.45) is 0 Å². The third kappa shape index (κ3) is 3.50. The van der Waals surface area contributed by atoms with E-state index in [2.05, 4.69) is 170 Å². The second-order valence-corrected chi connectivity index (χ2v) is 15.9. The molecule has 0 aliphatic heterocycles. The maximum absolute atomic E-state index is 2.55. The average Bonchev–Trinajstić information content (AvgIpc) is 3.88. The number of aromatic nitrogens is 1. The number of hydrogen-bond acceptors (Lipinski definition) is 1. The quantitative estimate of drug-likeness (QED) is 0.173. The summed E-state index contributed by atoms with van der Waals surface area (Å²) in [4.78, 5) is 0. The molecule has 0 saturated carbocycles. The van der Waals surface area contributed by atoms with E-state index in [9.17, 15) is 0 Å². The minimum absolute atomic E-state index is 0.118. The second-order valence-electron chi connectivity index (χ2n) is 14.8. The molecule has 0 spiro atoms. The molecule has 10 aromatic rings. The number of hydrogen-bond donors (Lipinski definition) is 0. The van der Waals surface area contributed by atoms with Crippen LogP contribution in [0.25, 0.3) is 103 Å². The third-order valence-electron chi connectivity index (χ3n) is 11.9. The number of para-hydroxylation sites is 1. The summed E-state index contributed by atoms with van der Waals surface area (Å²) in [6.45, 7) is 4.80. The lowest BCUT2D eigenvalue weighted by molar-refractivity contribution is 0.664. The molecule has 1 nitrogen and oxygen atoms in total. The zero-order valence-corrected chi connectivity index (χ0v) is 29.1. The largest absolute Gasteiger partial charge is 0.309 e. The summed E-state index contributed by atoms with van der Waals surface area (Å²) in [5.74, 6) is 0. The molecule has 2 heteroatoms. The standard InChI is InChI=1S/C49H31NS/c1-49(2)42-16-7-5-12-33(42)38-22-23-39-34-13-6-8-17-43(34)50(48(39)47(38)49)29-19-25-45-41(27-29)40-26-28(18-24-44(40)51-45)30-20-21-37-32-11-4-3-10-31(32)36-15-9-14-35(30)46(36)37/h3-27H,1-2H3. The van der Waals surface area contributed by atoms with Crippen LogP contribution >= 0.6 is 11.3 Å². The third-order valence-corrected chi connectivity index (χ3v) is 13.1. The molecule has 2 aromatic heterocycles. The Morgan fingerprint density at radius 2 is 1.10 bits per heavy atom. The second kappa shape index (κ2) is 9.63. The first kappa shape index (κ1) is 27.8. The molecule has 2 aliphatic carbocycles. The van der Waals surface area contributed by atoms with Gasteiger partial charge in [-0.05, 0) is 103 Å². The molecule has 0 radical (unpaired) electrons. The highest BCUT2D eigenvalue weighted by molar-refractivity contribution is 7.25. The Morgan fingerprint density at radius 1 is 0.451 bits per heavy atom. The summed E-state index contributed by atoms with van der Waals surface area (Å²) >= 11 is 1.89. The van der Waals surface area contributed by atoms with Gasteiger partial charge in [-0.25, -0.2) is 0 Å². The van der Waals surface area contributed by atoms with Crippen LogP contribution in [0.15, 0.2) is 152 Å². The molecule has 0 N–H and O–H groups in total. The lowest BCUT2D eigenvalue weighted by Crippen LogP contribution is -2.16. The molecule has 51 heavy (non-hydrogen) atoms. The van der Waals surface area contributed by atoms with Crippen molar-refractivity contribution >= 4 is 64.1 Å². The van der Waals surface area contributed by atoms with E-state index >= 15 is 0 Å². The number of benzene rings is 8. The van der Waals surface area contributed by atoms with Gasteiger partial charge in [-0.15, -0.1) is 11.3 Å². The van der Waals surface area contributed by atoms with E-state index in [1.165, 1.54) is 114 Å². The average molecular weight is 666 g/mol. The van der Waals surface area contributed by atoms with Gasteiger partial charge in [0.2, 0.25) is 0 Å². The van der Waals surface area contributed by atoms with Crippen LogP contribution in [-0.4, -0.2) is 4.57 Å². The summed E-state index contributed by atoms with van der Waals surface area (Å²) in [5, 5.41) is 7.94. The SMILES string of the molecule is CC1(C)c2ccccc2-c2ccc3c4ccccc4n(-c4ccc5sc6ccc(-c7ccc8c9c(cccc79)-c7ccccc7-8)cc6c5c4)c3c21. The van der Waals surface area contributed by atoms with Crippen LogP contribution in [0.3, 0.4) is 0 Å². The number of rotatable bonds is 2. The van der Waals surface area contributed by atoms with Crippen LogP contribution in [-0.2, 0) is 5.41 Å². The highest BCUT2D eigenvalue weighted by Crippen LogP contribution is 2.53. The van der Waals surface area contributed by atoms with Gasteiger partial charge in [0.1, 0.15) is 0 Å².